The second kappa shape index (κ2) is 6.93. The van der Waals surface area contributed by atoms with Crippen molar-refractivity contribution in [1.82, 2.24) is 0 Å². The predicted molar refractivity (Wildman–Crippen MR) is 43.9 cm³/mol. The molecule has 0 aliphatic heterocycles. The first-order valence-corrected chi connectivity index (χ1v) is 4.60. The molecule has 0 N–H and O–H groups in total. The van der Waals surface area contributed by atoms with E-state index < -0.39 is 0 Å². The van der Waals surface area contributed by atoms with Crippen LogP contribution >= 0.6 is 11.8 Å². The van der Waals surface area contributed by atoms with Crippen LogP contribution in [0.15, 0.2) is 0 Å². The standard InChI is InChI=1S/C7H13O2S/c1-7(8)9-5-3-4-6-10-2/h3H,4-6H2,1-2H3. The van der Waals surface area contributed by atoms with Crippen molar-refractivity contribution in [3.8, 4) is 0 Å². The minimum Gasteiger partial charge on any atom is -0.466 e. The van der Waals surface area contributed by atoms with Gasteiger partial charge in [0.05, 0.1) is 6.61 Å². The molecule has 0 bridgehead atoms. The van der Waals surface area contributed by atoms with E-state index in [2.05, 4.69) is 11.0 Å². The van der Waals surface area contributed by atoms with Gasteiger partial charge in [-0.25, -0.2) is 0 Å². The van der Waals surface area contributed by atoms with Gasteiger partial charge in [-0.3, -0.25) is 4.79 Å². The zero-order valence-corrected chi connectivity index (χ0v) is 7.24. The van der Waals surface area contributed by atoms with Crippen molar-refractivity contribution in [2.45, 2.75) is 13.3 Å². The van der Waals surface area contributed by atoms with E-state index >= 15 is 0 Å². The van der Waals surface area contributed by atoms with Gasteiger partial charge >= 0.3 is 5.97 Å². The summed E-state index contributed by atoms with van der Waals surface area (Å²) in [5.74, 6) is 0.891. The van der Waals surface area contributed by atoms with Crippen LogP contribution in [0.3, 0.4) is 0 Å². The Labute approximate surface area is 66.3 Å². The van der Waals surface area contributed by atoms with Gasteiger partial charge < -0.3 is 4.74 Å². The van der Waals surface area contributed by atoms with Crippen LogP contribution in [0.2, 0.25) is 0 Å². The molecule has 0 fully saturated rings. The number of ether oxygens (including phenoxy) is 1. The molecule has 10 heavy (non-hydrogen) atoms. The first-order valence-electron chi connectivity index (χ1n) is 3.21. The predicted octanol–water partition coefficient (Wildman–Crippen LogP) is 1.51. The van der Waals surface area contributed by atoms with Gasteiger partial charge in [-0.1, -0.05) is 0 Å². The minimum atomic E-state index is -0.208. The highest BCUT2D eigenvalue weighted by atomic mass is 32.2. The molecule has 0 aromatic carbocycles. The maximum atomic E-state index is 10.2. The van der Waals surface area contributed by atoms with Crippen LogP contribution in [0, 0.1) is 6.42 Å². The number of thioether (sulfide) groups is 1. The SMILES string of the molecule is CSCC[CH]COC(C)=O. The van der Waals surface area contributed by atoms with Crippen LogP contribution in [0.5, 0.6) is 0 Å². The zero-order valence-electron chi connectivity index (χ0n) is 6.42. The highest BCUT2D eigenvalue weighted by Gasteiger charge is 1.91. The fourth-order valence-electron chi connectivity index (χ4n) is 0.461. The molecule has 0 aliphatic rings. The Morgan fingerprint density at radius 1 is 1.70 bits per heavy atom. The van der Waals surface area contributed by atoms with Crippen LogP contribution < -0.4 is 0 Å². The topological polar surface area (TPSA) is 26.3 Å². The minimum absolute atomic E-state index is 0.208. The number of carbonyl (C=O) groups excluding carboxylic acids is 1. The molecular weight excluding hydrogens is 148 g/mol. The van der Waals surface area contributed by atoms with E-state index in [0.29, 0.717) is 6.61 Å². The average molecular weight is 161 g/mol. The first-order chi connectivity index (χ1) is 4.77. The van der Waals surface area contributed by atoms with Crippen LogP contribution in [0.25, 0.3) is 0 Å². The van der Waals surface area contributed by atoms with Crippen molar-refractivity contribution in [1.29, 1.82) is 0 Å². The molecule has 0 heterocycles. The van der Waals surface area contributed by atoms with Gasteiger partial charge in [0.25, 0.3) is 0 Å². The molecule has 0 unspecified atom stereocenters. The Kier molecular flexibility index (Phi) is 6.81. The summed E-state index contributed by atoms with van der Waals surface area (Å²) in [4.78, 5) is 10.2. The summed E-state index contributed by atoms with van der Waals surface area (Å²) in [5, 5.41) is 0. The average Bonchev–Trinajstić information content (AvgIpc) is 1.87. The first kappa shape index (κ1) is 9.82. The molecule has 0 amide bonds. The van der Waals surface area contributed by atoms with Crippen molar-refractivity contribution in [3.63, 3.8) is 0 Å². The van der Waals surface area contributed by atoms with Gasteiger partial charge in [-0.2, -0.15) is 11.8 Å². The highest BCUT2D eigenvalue weighted by molar-refractivity contribution is 7.98. The van der Waals surface area contributed by atoms with Crippen LogP contribution in [0.4, 0.5) is 0 Å². The molecule has 0 atom stereocenters. The van der Waals surface area contributed by atoms with Gasteiger partial charge in [0.1, 0.15) is 0 Å². The number of carbonyl (C=O) groups is 1. The van der Waals surface area contributed by atoms with Gasteiger partial charge in [-0.05, 0) is 24.9 Å². The van der Waals surface area contributed by atoms with Crippen molar-refractivity contribution < 1.29 is 9.53 Å². The third-order valence-electron chi connectivity index (χ3n) is 0.931. The van der Waals surface area contributed by atoms with E-state index in [0.717, 1.165) is 12.2 Å². The van der Waals surface area contributed by atoms with Gasteiger partial charge in [0.15, 0.2) is 0 Å². The second-order valence-corrected chi connectivity index (χ2v) is 2.86. The molecule has 0 aromatic heterocycles. The molecule has 0 aliphatic carbocycles. The highest BCUT2D eigenvalue weighted by Crippen LogP contribution is 1.97. The molecule has 0 rings (SSSR count). The molecule has 0 saturated heterocycles. The quantitative estimate of drug-likeness (QED) is 0.451. The Morgan fingerprint density at radius 2 is 2.40 bits per heavy atom. The molecule has 2 nitrogen and oxygen atoms in total. The summed E-state index contributed by atoms with van der Waals surface area (Å²) in [6, 6.07) is 0. The molecular formula is C7H13O2S. The lowest BCUT2D eigenvalue weighted by atomic mass is 10.4. The fourth-order valence-corrected chi connectivity index (χ4v) is 0.863. The molecule has 0 saturated carbocycles. The van der Waals surface area contributed by atoms with Gasteiger partial charge in [-0.15, -0.1) is 0 Å². The summed E-state index contributed by atoms with van der Waals surface area (Å²) < 4.78 is 4.68. The van der Waals surface area contributed by atoms with E-state index in [1.54, 1.807) is 11.8 Å². The summed E-state index contributed by atoms with van der Waals surface area (Å²) in [7, 11) is 0. The maximum Gasteiger partial charge on any atom is 0.302 e. The van der Waals surface area contributed by atoms with Gasteiger partial charge in [0.2, 0.25) is 0 Å². The Morgan fingerprint density at radius 3 is 2.90 bits per heavy atom. The molecule has 3 heteroatoms. The number of unbranched alkanes of at least 4 members (excludes halogenated alkanes) is 1. The Hall–Kier alpha value is -0.180. The van der Waals surface area contributed by atoms with E-state index in [4.69, 9.17) is 0 Å². The molecule has 59 valence electrons. The number of esters is 1. The van der Waals surface area contributed by atoms with Crippen LogP contribution in [-0.2, 0) is 9.53 Å². The lowest BCUT2D eigenvalue weighted by molar-refractivity contribution is -0.140. The van der Waals surface area contributed by atoms with Crippen molar-refractivity contribution >= 4 is 17.7 Å². The lowest BCUT2D eigenvalue weighted by Gasteiger charge is -1.98. The number of hydrogen-bond acceptors (Lipinski definition) is 3. The van der Waals surface area contributed by atoms with E-state index in [-0.39, 0.29) is 5.97 Å². The summed E-state index contributed by atoms with van der Waals surface area (Å²) >= 11 is 1.79. The maximum absolute atomic E-state index is 10.2. The van der Waals surface area contributed by atoms with Crippen LogP contribution in [-0.4, -0.2) is 24.6 Å². The smallest absolute Gasteiger partial charge is 0.302 e. The molecule has 1 radical (unpaired) electrons. The number of rotatable bonds is 5. The van der Waals surface area contributed by atoms with Crippen molar-refractivity contribution in [3.05, 3.63) is 6.42 Å². The molecule has 0 spiro atoms. The van der Waals surface area contributed by atoms with E-state index in [9.17, 15) is 4.79 Å². The second-order valence-electron chi connectivity index (χ2n) is 1.87. The zero-order chi connectivity index (χ0) is 7.82. The van der Waals surface area contributed by atoms with Crippen molar-refractivity contribution in [2.24, 2.45) is 0 Å². The molecule has 0 aromatic rings. The summed E-state index contributed by atoms with van der Waals surface area (Å²) in [6.07, 6.45) is 5.03. The monoisotopic (exact) mass is 161 g/mol. The van der Waals surface area contributed by atoms with E-state index in [1.165, 1.54) is 6.92 Å². The Bertz CT molecular complexity index is 93.6. The number of hydrogen-bond donors (Lipinski definition) is 0. The fraction of sp³-hybridized carbons (Fsp3) is 0.714. The third-order valence-corrected chi connectivity index (χ3v) is 1.57. The van der Waals surface area contributed by atoms with E-state index in [1.807, 2.05) is 6.42 Å². The Balaban J connectivity index is 2.84. The van der Waals surface area contributed by atoms with Crippen molar-refractivity contribution in [2.75, 3.05) is 18.6 Å². The summed E-state index contributed by atoms with van der Waals surface area (Å²) in [5.41, 5.74) is 0. The normalized spacial score (nSPS) is 9.40. The summed E-state index contributed by atoms with van der Waals surface area (Å²) in [6.45, 7) is 1.87. The third kappa shape index (κ3) is 7.82. The lowest BCUT2D eigenvalue weighted by Crippen LogP contribution is -2.01. The van der Waals surface area contributed by atoms with Gasteiger partial charge in [0, 0.05) is 6.92 Å². The largest absolute Gasteiger partial charge is 0.466 e. The van der Waals surface area contributed by atoms with Crippen LogP contribution in [0.1, 0.15) is 13.3 Å².